The third-order valence-corrected chi connectivity index (χ3v) is 4.78. The first-order valence-corrected chi connectivity index (χ1v) is 10.0. The van der Waals surface area contributed by atoms with Gasteiger partial charge in [0.1, 0.15) is 12.4 Å². The van der Waals surface area contributed by atoms with Crippen molar-refractivity contribution in [2.45, 2.75) is 6.54 Å². The Morgan fingerprint density at radius 3 is 2.75 bits per heavy atom. The molecule has 1 amide bonds. The monoisotopic (exact) mass is 427 g/mol. The Morgan fingerprint density at radius 2 is 2.00 bits per heavy atom. The number of imidazole rings is 1. The van der Waals surface area contributed by atoms with Gasteiger partial charge in [-0.05, 0) is 60.2 Å². The summed E-state index contributed by atoms with van der Waals surface area (Å²) in [5.74, 6) is 0.436. The molecule has 0 bridgehead atoms. The highest BCUT2D eigenvalue weighted by atomic mass is 16.5. The van der Waals surface area contributed by atoms with E-state index in [1.54, 1.807) is 42.1 Å². The molecule has 0 aliphatic carbocycles. The molecule has 4 rings (SSSR count). The summed E-state index contributed by atoms with van der Waals surface area (Å²) < 4.78 is 12.6. The lowest BCUT2D eigenvalue weighted by Crippen LogP contribution is -2.22. The average molecular weight is 427 g/mol. The Morgan fingerprint density at radius 1 is 1.16 bits per heavy atom. The van der Waals surface area contributed by atoms with E-state index in [0.717, 1.165) is 22.5 Å². The van der Waals surface area contributed by atoms with Crippen LogP contribution in [-0.2, 0) is 11.3 Å². The zero-order chi connectivity index (χ0) is 22.3. The molecule has 8 nitrogen and oxygen atoms in total. The minimum absolute atomic E-state index is 0.223. The van der Waals surface area contributed by atoms with Crippen molar-refractivity contribution in [2.24, 2.45) is 0 Å². The van der Waals surface area contributed by atoms with E-state index in [9.17, 15) is 4.79 Å². The average Bonchev–Trinajstić information content (AvgIpc) is 3.27. The number of carbonyl (C=O) groups excluding carboxylic acids is 1. The summed E-state index contributed by atoms with van der Waals surface area (Å²) in [6, 6.07) is 18.0. The Hall–Kier alpha value is -4.22. The number of aromatic nitrogens is 3. The van der Waals surface area contributed by atoms with E-state index in [-0.39, 0.29) is 5.91 Å². The highest BCUT2D eigenvalue weighted by Crippen LogP contribution is 2.26. The smallest absolute Gasteiger partial charge is 0.251 e. The minimum atomic E-state index is -0.223. The molecule has 0 aliphatic heterocycles. The van der Waals surface area contributed by atoms with Gasteiger partial charge in [-0.3, -0.25) is 4.79 Å². The molecule has 0 unspecified atom stereocenters. The lowest BCUT2D eigenvalue weighted by atomic mass is 10.1. The van der Waals surface area contributed by atoms with Crippen LogP contribution >= 0.6 is 0 Å². The van der Waals surface area contributed by atoms with Gasteiger partial charge in [0.15, 0.2) is 5.65 Å². The van der Waals surface area contributed by atoms with Crippen molar-refractivity contribution in [3.05, 3.63) is 83.7 Å². The van der Waals surface area contributed by atoms with E-state index in [0.29, 0.717) is 36.6 Å². The maximum Gasteiger partial charge on any atom is 0.251 e. The van der Waals surface area contributed by atoms with Crippen molar-refractivity contribution < 1.29 is 14.3 Å². The normalized spacial score (nSPS) is 10.6. The molecule has 0 radical (unpaired) electrons. The van der Waals surface area contributed by atoms with Crippen LogP contribution in [-0.4, -0.2) is 40.8 Å². The summed E-state index contributed by atoms with van der Waals surface area (Å²) in [7, 11) is 1.62. The van der Waals surface area contributed by atoms with Gasteiger partial charge in [0.2, 0.25) is 0 Å². The minimum Gasteiger partial charge on any atom is -0.491 e. The van der Waals surface area contributed by atoms with Crippen molar-refractivity contribution in [1.82, 2.24) is 19.9 Å². The van der Waals surface area contributed by atoms with E-state index >= 15 is 0 Å². The third kappa shape index (κ3) is 4.91. The van der Waals surface area contributed by atoms with Crippen LogP contribution in [0.5, 0.6) is 5.75 Å². The molecule has 0 aliphatic rings. The summed E-state index contributed by atoms with van der Waals surface area (Å²) in [6.45, 7) is 1.18. The van der Waals surface area contributed by atoms with E-state index < -0.39 is 0 Å². The lowest BCUT2D eigenvalue weighted by Gasteiger charge is -2.11. The van der Waals surface area contributed by atoms with Crippen molar-refractivity contribution in [3.63, 3.8) is 0 Å². The molecule has 32 heavy (non-hydrogen) atoms. The number of amides is 1. The van der Waals surface area contributed by atoms with Gasteiger partial charge in [-0.2, -0.15) is 10.4 Å². The maximum atomic E-state index is 12.5. The number of methoxy groups -OCH3 is 1. The number of hydrogen-bond acceptors (Lipinski definition) is 6. The summed E-state index contributed by atoms with van der Waals surface area (Å²) >= 11 is 0. The van der Waals surface area contributed by atoms with Crippen LogP contribution in [0, 0.1) is 11.3 Å². The van der Waals surface area contributed by atoms with Gasteiger partial charge in [-0.15, -0.1) is 0 Å². The third-order valence-electron chi connectivity index (χ3n) is 4.78. The molecule has 0 saturated carbocycles. The molecule has 160 valence electrons. The molecule has 0 saturated heterocycles. The first-order chi connectivity index (χ1) is 15.7. The molecular weight excluding hydrogens is 406 g/mol. The number of fused-ring (bicyclic) bond motifs is 1. The van der Waals surface area contributed by atoms with E-state index in [1.165, 1.54) is 0 Å². The summed E-state index contributed by atoms with van der Waals surface area (Å²) in [4.78, 5) is 17.1. The maximum absolute atomic E-state index is 12.5. The number of carbonyl (C=O) groups is 1. The second kappa shape index (κ2) is 9.73. The van der Waals surface area contributed by atoms with Crippen molar-refractivity contribution in [3.8, 4) is 23.1 Å². The molecule has 2 aromatic heterocycles. The first kappa shape index (κ1) is 21.0. The number of nitriles is 1. The predicted molar refractivity (Wildman–Crippen MR) is 118 cm³/mol. The van der Waals surface area contributed by atoms with E-state index in [4.69, 9.17) is 14.7 Å². The van der Waals surface area contributed by atoms with Crippen molar-refractivity contribution >= 4 is 11.6 Å². The molecule has 4 aromatic rings. The van der Waals surface area contributed by atoms with Crippen LogP contribution in [0.15, 0.2) is 67.0 Å². The molecule has 2 aromatic carbocycles. The summed E-state index contributed by atoms with van der Waals surface area (Å²) in [6.07, 6.45) is 3.55. The number of nitrogens with one attached hydrogen (secondary N) is 1. The van der Waals surface area contributed by atoms with Crippen molar-refractivity contribution in [1.29, 1.82) is 5.26 Å². The largest absolute Gasteiger partial charge is 0.491 e. The molecule has 1 N–H and O–H groups in total. The molecular formula is C24H21N5O3. The van der Waals surface area contributed by atoms with Crippen LogP contribution in [0.2, 0.25) is 0 Å². The highest BCUT2D eigenvalue weighted by Gasteiger charge is 2.11. The van der Waals surface area contributed by atoms with Crippen LogP contribution in [0.4, 0.5) is 0 Å². The van der Waals surface area contributed by atoms with Crippen LogP contribution < -0.4 is 10.1 Å². The van der Waals surface area contributed by atoms with Crippen LogP contribution in [0.3, 0.4) is 0 Å². The Bertz CT molecular complexity index is 1240. The quantitative estimate of drug-likeness (QED) is 0.433. The number of nitrogens with zero attached hydrogens (tertiary/aromatic N) is 4. The van der Waals surface area contributed by atoms with Gasteiger partial charge >= 0.3 is 0 Å². The zero-order valence-electron chi connectivity index (χ0n) is 17.5. The fourth-order valence-electron chi connectivity index (χ4n) is 3.19. The number of hydrogen-bond donors (Lipinski definition) is 1. The highest BCUT2D eigenvalue weighted by molar-refractivity contribution is 5.94. The van der Waals surface area contributed by atoms with Gasteiger partial charge in [0.05, 0.1) is 30.1 Å². The second-order valence-electron chi connectivity index (χ2n) is 7.03. The van der Waals surface area contributed by atoms with Gasteiger partial charge in [-0.25, -0.2) is 9.50 Å². The van der Waals surface area contributed by atoms with Gasteiger partial charge in [0, 0.05) is 31.0 Å². The molecule has 0 atom stereocenters. The van der Waals surface area contributed by atoms with E-state index in [1.807, 2.05) is 42.6 Å². The van der Waals surface area contributed by atoms with Gasteiger partial charge in [-0.1, -0.05) is 0 Å². The van der Waals surface area contributed by atoms with E-state index in [2.05, 4.69) is 15.4 Å². The number of benzene rings is 2. The summed E-state index contributed by atoms with van der Waals surface area (Å²) in [5.41, 5.74) is 4.21. The second-order valence-corrected chi connectivity index (χ2v) is 7.03. The molecule has 2 heterocycles. The number of ether oxygens (including phenoxy) is 2. The fraction of sp³-hybridized carbons (Fsp3) is 0.167. The fourth-order valence-corrected chi connectivity index (χ4v) is 3.19. The summed E-state index contributed by atoms with van der Waals surface area (Å²) in [5, 5.41) is 16.1. The standard InChI is InChI=1S/C24H21N5O3/c1-31-9-10-32-21-12-18(15-26-24(30)19-6-4-17(14-25)5-7-19)11-20(13-21)22-16-29-23(28-22)3-2-8-27-29/h2-8,11-13,16H,9-10,15H2,1H3,(H,26,30). The molecule has 0 spiro atoms. The molecule has 8 heteroatoms. The van der Waals surface area contributed by atoms with Gasteiger partial charge in [0.25, 0.3) is 5.91 Å². The lowest BCUT2D eigenvalue weighted by molar-refractivity contribution is 0.0951. The van der Waals surface area contributed by atoms with Gasteiger partial charge < -0.3 is 14.8 Å². The predicted octanol–water partition coefficient (Wildman–Crippen LogP) is 3.22. The zero-order valence-corrected chi connectivity index (χ0v) is 17.5. The number of rotatable bonds is 8. The molecule has 0 fully saturated rings. The topological polar surface area (TPSA) is 102 Å². The Kier molecular flexibility index (Phi) is 6.39. The van der Waals surface area contributed by atoms with Crippen LogP contribution in [0.25, 0.3) is 16.9 Å². The van der Waals surface area contributed by atoms with Crippen LogP contribution in [0.1, 0.15) is 21.5 Å². The SMILES string of the molecule is COCCOc1cc(CNC(=O)c2ccc(C#N)cc2)cc(-c2cn3ncccc3n2)c1. The Balaban J connectivity index is 1.57. The van der Waals surface area contributed by atoms with Crippen molar-refractivity contribution in [2.75, 3.05) is 20.3 Å². The Labute approximate surface area is 185 Å². The first-order valence-electron chi connectivity index (χ1n) is 10.0.